The lowest BCUT2D eigenvalue weighted by Gasteiger charge is -2.27. The lowest BCUT2D eigenvalue weighted by atomic mass is 9.76. The van der Waals surface area contributed by atoms with E-state index in [1.54, 1.807) is 11.0 Å². The zero-order chi connectivity index (χ0) is 15.3. The van der Waals surface area contributed by atoms with E-state index in [2.05, 4.69) is 28.3 Å². The maximum Gasteiger partial charge on any atom is 0.137 e. The van der Waals surface area contributed by atoms with Crippen LogP contribution >= 0.6 is 0 Å². The summed E-state index contributed by atoms with van der Waals surface area (Å²) in [5, 5.41) is 14.1. The number of hydrogen-bond donors (Lipinski definition) is 0. The first-order valence-electron chi connectivity index (χ1n) is 7.15. The topological polar surface area (TPSA) is 54.5 Å². The van der Waals surface area contributed by atoms with Gasteiger partial charge in [0.15, 0.2) is 0 Å². The first-order valence-corrected chi connectivity index (χ1v) is 7.15. The number of nitriles is 1. The Hall–Kier alpha value is -2.93. The first kappa shape index (κ1) is 14.0. The Morgan fingerprint density at radius 3 is 2.27 bits per heavy atom. The van der Waals surface area contributed by atoms with E-state index in [-0.39, 0.29) is 0 Å². The van der Waals surface area contributed by atoms with E-state index < -0.39 is 5.41 Å². The summed E-state index contributed by atoms with van der Waals surface area (Å²) < 4.78 is 1.72. The minimum Gasteiger partial charge on any atom is -0.251 e. The molecule has 3 rings (SSSR count). The Kier molecular flexibility index (Phi) is 3.97. The van der Waals surface area contributed by atoms with Crippen LogP contribution in [0.25, 0.3) is 0 Å². The standard InChI is InChI=1S/C18H16N4/c19-12-18(13-22-15-20-14-21-22,17-9-5-2-6-10-17)11-16-7-3-1-4-8-16/h1-10,14-15H,11,13H2. The summed E-state index contributed by atoms with van der Waals surface area (Å²) in [5.74, 6) is 0. The Morgan fingerprint density at radius 2 is 1.68 bits per heavy atom. The third kappa shape index (κ3) is 2.89. The fourth-order valence-corrected chi connectivity index (χ4v) is 2.68. The van der Waals surface area contributed by atoms with Crippen molar-refractivity contribution in [1.82, 2.24) is 14.8 Å². The van der Waals surface area contributed by atoms with Crippen LogP contribution in [0.15, 0.2) is 73.3 Å². The highest BCUT2D eigenvalue weighted by atomic mass is 15.3. The van der Waals surface area contributed by atoms with Crippen LogP contribution in [-0.2, 0) is 18.4 Å². The summed E-state index contributed by atoms with van der Waals surface area (Å²) in [6.07, 6.45) is 3.78. The molecule has 0 N–H and O–H groups in total. The molecule has 0 saturated carbocycles. The van der Waals surface area contributed by atoms with Crippen LogP contribution in [0.3, 0.4) is 0 Å². The van der Waals surface area contributed by atoms with Crippen LogP contribution in [0.2, 0.25) is 0 Å². The number of hydrogen-bond acceptors (Lipinski definition) is 3. The van der Waals surface area contributed by atoms with E-state index in [1.807, 2.05) is 48.5 Å². The zero-order valence-electron chi connectivity index (χ0n) is 12.1. The lowest BCUT2D eigenvalue weighted by Crippen LogP contribution is -2.33. The SMILES string of the molecule is N#CC(Cc1ccccc1)(Cn1cncn1)c1ccccc1. The summed E-state index contributed by atoms with van der Waals surface area (Å²) >= 11 is 0. The van der Waals surface area contributed by atoms with Gasteiger partial charge in [-0.05, 0) is 17.5 Å². The summed E-state index contributed by atoms with van der Waals surface area (Å²) in [6.45, 7) is 0.475. The van der Waals surface area contributed by atoms with Crippen molar-refractivity contribution in [2.45, 2.75) is 18.4 Å². The second kappa shape index (κ2) is 6.23. The van der Waals surface area contributed by atoms with E-state index in [4.69, 9.17) is 0 Å². The molecular formula is C18H16N4. The second-order valence-corrected chi connectivity index (χ2v) is 5.32. The smallest absolute Gasteiger partial charge is 0.137 e. The van der Waals surface area contributed by atoms with Gasteiger partial charge in [0.1, 0.15) is 18.1 Å². The molecule has 3 aromatic rings. The molecule has 4 nitrogen and oxygen atoms in total. The van der Waals surface area contributed by atoms with Gasteiger partial charge < -0.3 is 0 Å². The van der Waals surface area contributed by atoms with Gasteiger partial charge in [-0.25, -0.2) is 4.98 Å². The van der Waals surface area contributed by atoms with Crippen molar-refractivity contribution in [2.75, 3.05) is 0 Å². The van der Waals surface area contributed by atoms with E-state index in [0.29, 0.717) is 13.0 Å². The highest BCUT2D eigenvalue weighted by Gasteiger charge is 2.33. The van der Waals surface area contributed by atoms with Gasteiger partial charge in [0, 0.05) is 0 Å². The van der Waals surface area contributed by atoms with Crippen LogP contribution < -0.4 is 0 Å². The van der Waals surface area contributed by atoms with Crippen LogP contribution in [0.4, 0.5) is 0 Å². The molecule has 0 aliphatic rings. The molecule has 0 amide bonds. The van der Waals surface area contributed by atoms with E-state index in [9.17, 15) is 5.26 Å². The van der Waals surface area contributed by atoms with Gasteiger partial charge in [-0.2, -0.15) is 10.4 Å². The average Bonchev–Trinajstić information content (AvgIpc) is 3.09. The fourth-order valence-electron chi connectivity index (χ4n) is 2.68. The van der Waals surface area contributed by atoms with Gasteiger partial charge in [0.2, 0.25) is 0 Å². The summed E-state index contributed by atoms with van der Waals surface area (Å²) in [5.41, 5.74) is 1.46. The van der Waals surface area contributed by atoms with Crippen molar-refractivity contribution in [3.05, 3.63) is 84.4 Å². The molecule has 2 aromatic carbocycles. The van der Waals surface area contributed by atoms with Crippen molar-refractivity contribution in [3.63, 3.8) is 0 Å². The number of nitrogens with zero attached hydrogens (tertiary/aromatic N) is 4. The van der Waals surface area contributed by atoms with Gasteiger partial charge in [0.25, 0.3) is 0 Å². The van der Waals surface area contributed by atoms with E-state index in [1.165, 1.54) is 6.33 Å². The van der Waals surface area contributed by atoms with Crippen LogP contribution in [0.1, 0.15) is 11.1 Å². The molecule has 0 aliphatic heterocycles. The van der Waals surface area contributed by atoms with Gasteiger partial charge in [-0.15, -0.1) is 0 Å². The summed E-state index contributed by atoms with van der Waals surface area (Å²) in [6, 6.07) is 22.5. The fraction of sp³-hybridized carbons (Fsp3) is 0.167. The van der Waals surface area contributed by atoms with Gasteiger partial charge in [-0.1, -0.05) is 60.7 Å². The number of benzene rings is 2. The highest BCUT2D eigenvalue weighted by molar-refractivity contribution is 5.35. The molecule has 0 saturated heterocycles. The normalized spacial score (nSPS) is 13.2. The maximum absolute atomic E-state index is 9.98. The molecule has 1 unspecified atom stereocenters. The minimum absolute atomic E-state index is 0.475. The predicted molar refractivity (Wildman–Crippen MR) is 83.9 cm³/mol. The molecule has 1 heterocycles. The molecular weight excluding hydrogens is 272 g/mol. The molecule has 1 aromatic heterocycles. The molecule has 0 bridgehead atoms. The number of rotatable bonds is 5. The average molecular weight is 288 g/mol. The van der Waals surface area contributed by atoms with Gasteiger partial charge in [0.05, 0.1) is 12.6 Å². The molecule has 22 heavy (non-hydrogen) atoms. The monoisotopic (exact) mass is 288 g/mol. The Morgan fingerprint density at radius 1 is 1.00 bits per heavy atom. The number of aromatic nitrogens is 3. The molecule has 0 fully saturated rings. The van der Waals surface area contributed by atoms with Crippen LogP contribution in [-0.4, -0.2) is 14.8 Å². The van der Waals surface area contributed by atoms with Crippen molar-refractivity contribution in [3.8, 4) is 6.07 Å². The first-order chi connectivity index (χ1) is 10.8. The summed E-state index contributed by atoms with van der Waals surface area (Å²) in [4.78, 5) is 3.98. The van der Waals surface area contributed by atoms with E-state index in [0.717, 1.165) is 11.1 Å². The lowest BCUT2D eigenvalue weighted by molar-refractivity contribution is 0.425. The van der Waals surface area contributed by atoms with E-state index >= 15 is 0 Å². The van der Waals surface area contributed by atoms with Crippen molar-refractivity contribution >= 4 is 0 Å². The third-order valence-electron chi connectivity index (χ3n) is 3.79. The van der Waals surface area contributed by atoms with Crippen molar-refractivity contribution in [2.24, 2.45) is 0 Å². The minimum atomic E-state index is -0.670. The highest BCUT2D eigenvalue weighted by Crippen LogP contribution is 2.30. The Bertz CT molecular complexity index is 745. The zero-order valence-corrected chi connectivity index (χ0v) is 12.1. The molecule has 108 valence electrons. The van der Waals surface area contributed by atoms with Crippen LogP contribution in [0.5, 0.6) is 0 Å². The van der Waals surface area contributed by atoms with Crippen LogP contribution in [0, 0.1) is 11.3 Å². The third-order valence-corrected chi connectivity index (χ3v) is 3.79. The Labute approximate surface area is 129 Å². The van der Waals surface area contributed by atoms with Gasteiger partial charge >= 0.3 is 0 Å². The summed E-state index contributed by atoms with van der Waals surface area (Å²) in [7, 11) is 0. The predicted octanol–water partition coefficient (Wildman–Crippen LogP) is 2.98. The molecule has 0 radical (unpaired) electrons. The van der Waals surface area contributed by atoms with Gasteiger partial charge in [-0.3, -0.25) is 4.68 Å². The molecule has 0 spiro atoms. The quantitative estimate of drug-likeness (QED) is 0.725. The largest absolute Gasteiger partial charge is 0.251 e. The molecule has 1 atom stereocenters. The molecule has 4 heteroatoms. The van der Waals surface area contributed by atoms with Crippen molar-refractivity contribution < 1.29 is 0 Å². The maximum atomic E-state index is 9.98. The molecule has 0 aliphatic carbocycles. The second-order valence-electron chi connectivity index (χ2n) is 5.32. The Balaban J connectivity index is 2.02. The van der Waals surface area contributed by atoms with Crippen molar-refractivity contribution in [1.29, 1.82) is 5.26 Å².